The van der Waals surface area contributed by atoms with Crippen LogP contribution in [0, 0.1) is 0 Å². The number of hydrogen-bond donors (Lipinski definition) is 0. The average Bonchev–Trinajstić information content (AvgIpc) is 3.11. The number of rotatable bonds is 5. The van der Waals surface area contributed by atoms with Crippen molar-refractivity contribution in [2.45, 2.75) is 19.4 Å². The van der Waals surface area contributed by atoms with Gasteiger partial charge in [-0.1, -0.05) is 18.2 Å². The number of aryl methyl sites for hydroxylation is 1. The maximum Gasteiger partial charge on any atom is 0.0988 e. The lowest BCUT2D eigenvalue weighted by molar-refractivity contribution is 0.0376. The van der Waals surface area contributed by atoms with Crippen LogP contribution in [0.15, 0.2) is 42.5 Å². The van der Waals surface area contributed by atoms with Crippen LogP contribution in [0.2, 0.25) is 0 Å². The summed E-state index contributed by atoms with van der Waals surface area (Å²) in [5, 5.41) is 2.55. The van der Waals surface area contributed by atoms with Crippen LogP contribution in [0.4, 0.5) is 11.4 Å². The van der Waals surface area contributed by atoms with E-state index in [1.807, 2.05) is 0 Å². The molecule has 0 bridgehead atoms. The van der Waals surface area contributed by atoms with E-state index < -0.39 is 0 Å². The Morgan fingerprint density at radius 3 is 2.44 bits per heavy atom. The van der Waals surface area contributed by atoms with Crippen molar-refractivity contribution >= 4 is 44.2 Å². The molecule has 0 spiro atoms. The van der Waals surface area contributed by atoms with Crippen LogP contribution in [-0.2, 0) is 16.0 Å². The van der Waals surface area contributed by atoms with Gasteiger partial charge in [-0.25, -0.2) is 4.98 Å². The number of aromatic nitrogens is 2. The van der Waals surface area contributed by atoms with Crippen molar-refractivity contribution in [2.75, 3.05) is 82.0 Å². The van der Waals surface area contributed by atoms with Gasteiger partial charge in [0.1, 0.15) is 0 Å². The minimum absolute atomic E-state index is 0.796. The maximum absolute atomic E-state index is 5.62. The number of anilines is 2. The van der Waals surface area contributed by atoms with Gasteiger partial charge in [-0.2, -0.15) is 0 Å². The summed E-state index contributed by atoms with van der Waals surface area (Å²) in [4.78, 5) is 12.9. The predicted octanol–water partition coefficient (Wildman–Crippen LogP) is 4.11. The zero-order chi connectivity index (χ0) is 23.9. The minimum atomic E-state index is 0.796. The summed E-state index contributed by atoms with van der Waals surface area (Å²) in [6, 6.07) is 15.7. The number of benzene rings is 2. The molecule has 0 atom stereocenters. The summed E-state index contributed by atoms with van der Waals surface area (Å²) < 4.78 is 13.7. The number of morpholine rings is 2. The quantitative estimate of drug-likeness (QED) is 0.424. The third kappa shape index (κ3) is 3.90. The first-order chi connectivity index (χ1) is 17.9. The highest BCUT2D eigenvalue weighted by atomic mass is 16.5. The van der Waals surface area contributed by atoms with Gasteiger partial charge >= 0.3 is 0 Å². The molecule has 2 aromatic heterocycles. The zero-order valence-corrected chi connectivity index (χ0v) is 21.0. The second-order valence-electron chi connectivity index (χ2n) is 10.3. The maximum atomic E-state index is 5.62. The SMILES string of the molecule is c1ccc2c(c1)c1nc3ccc(N4CCOCC4)cc3c3c1n2CCCN3CCCN1CCOCC1. The molecule has 2 saturated heterocycles. The molecule has 2 fully saturated rings. The van der Waals surface area contributed by atoms with Crippen molar-refractivity contribution in [3.63, 3.8) is 0 Å². The Morgan fingerprint density at radius 1 is 0.778 bits per heavy atom. The van der Waals surface area contributed by atoms with Gasteiger partial charge in [0.25, 0.3) is 0 Å². The van der Waals surface area contributed by atoms with Crippen molar-refractivity contribution in [2.24, 2.45) is 0 Å². The summed E-state index contributed by atoms with van der Waals surface area (Å²) in [6.45, 7) is 11.6. The van der Waals surface area contributed by atoms with Gasteiger partial charge in [0, 0.05) is 68.8 Å². The van der Waals surface area contributed by atoms with E-state index in [0.717, 1.165) is 103 Å². The largest absolute Gasteiger partial charge is 0.379 e. The van der Waals surface area contributed by atoms with Gasteiger partial charge in [0.05, 0.1) is 54.2 Å². The first-order valence-electron chi connectivity index (χ1n) is 13.6. The smallest absolute Gasteiger partial charge is 0.0988 e. The Hall–Kier alpha value is -2.87. The molecule has 7 nitrogen and oxygen atoms in total. The highest BCUT2D eigenvalue weighted by Crippen LogP contribution is 2.42. The van der Waals surface area contributed by atoms with Crippen molar-refractivity contribution < 1.29 is 9.47 Å². The summed E-state index contributed by atoms with van der Waals surface area (Å²) in [6.07, 6.45) is 2.30. The van der Waals surface area contributed by atoms with E-state index in [-0.39, 0.29) is 0 Å². The highest BCUT2D eigenvalue weighted by Gasteiger charge is 2.25. The summed E-state index contributed by atoms with van der Waals surface area (Å²) in [5.74, 6) is 0. The molecule has 0 amide bonds. The fourth-order valence-electron chi connectivity index (χ4n) is 6.33. The van der Waals surface area contributed by atoms with Gasteiger partial charge in [-0.3, -0.25) is 4.90 Å². The van der Waals surface area contributed by atoms with Crippen LogP contribution in [0.1, 0.15) is 12.8 Å². The molecule has 5 heterocycles. The fourth-order valence-corrected chi connectivity index (χ4v) is 6.33. The normalized spacial score (nSPS) is 19.4. The van der Waals surface area contributed by atoms with Gasteiger partial charge < -0.3 is 23.8 Å². The zero-order valence-electron chi connectivity index (χ0n) is 21.0. The monoisotopic (exact) mass is 485 g/mol. The molecule has 3 aliphatic rings. The van der Waals surface area contributed by atoms with E-state index >= 15 is 0 Å². The number of fused-ring (bicyclic) bond motifs is 5. The third-order valence-corrected chi connectivity index (χ3v) is 8.14. The summed E-state index contributed by atoms with van der Waals surface area (Å²) in [7, 11) is 0. The van der Waals surface area contributed by atoms with Crippen molar-refractivity contribution in [3.8, 4) is 0 Å². The molecular formula is C29H35N5O2. The second-order valence-corrected chi connectivity index (χ2v) is 10.3. The Labute approximate surface area is 212 Å². The van der Waals surface area contributed by atoms with Crippen molar-refractivity contribution in [1.82, 2.24) is 14.5 Å². The Kier molecular flexibility index (Phi) is 5.92. The van der Waals surface area contributed by atoms with Gasteiger partial charge in [0.2, 0.25) is 0 Å². The van der Waals surface area contributed by atoms with E-state index in [9.17, 15) is 0 Å². The standard InChI is InChI=1S/C29H35N5O2/c1-2-6-26-23(5-1)27-29-28(24-21-22(7-8-25(24)30-27)32-15-19-36-20-16-32)33(11-4-12-34(26)29)10-3-9-31-13-17-35-18-14-31/h1-2,5-8,21H,3-4,9-20H2. The molecule has 0 N–H and O–H groups in total. The molecule has 7 heteroatoms. The molecular weight excluding hydrogens is 450 g/mol. The Morgan fingerprint density at radius 2 is 1.58 bits per heavy atom. The highest BCUT2D eigenvalue weighted by molar-refractivity contribution is 6.17. The lowest BCUT2D eigenvalue weighted by Crippen LogP contribution is -2.38. The van der Waals surface area contributed by atoms with Crippen LogP contribution in [0.25, 0.3) is 32.8 Å². The van der Waals surface area contributed by atoms with E-state index in [1.54, 1.807) is 0 Å². The van der Waals surface area contributed by atoms with Crippen LogP contribution >= 0.6 is 0 Å². The molecule has 36 heavy (non-hydrogen) atoms. The lowest BCUT2D eigenvalue weighted by atomic mass is 10.1. The fraction of sp³-hybridized carbons (Fsp3) is 0.483. The summed E-state index contributed by atoms with van der Waals surface area (Å²) in [5.41, 5.74) is 7.51. The van der Waals surface area contributed by atoms with Gasteiger partial charge in [0.15, 0.2) is 0 Å². The second kappa shape index (κ2) is 9.54. The topological polar surface area (TPSA) is 46.0 Å². The van der Waals surface area contributed by atoms with Gasteiger partial charge in [-0.05, 0) is 37.1 Å². The van der Waals surface area contributed by atoms with Crippen LogP contribution in [0.3, 0.4) is 0 Å². The molecule has 0 unspecified atom stereocenters. The van der Waals surface area contributed by atoms with E-state index in [4.69, 9.17) is 14.5 Å². The van der Waals surface area contributed by atoms with Crippen molar-refractivity contribution in [1.29, 1.82) is 0 Å². The molecule has 4 aromatic rings. The average molecular weight is 486 g/mol. The number of nitrogens with zero attached hydrogens (tertiary/aromatic N) is 5. The Bertz CT molecular complexity index is 1390. The van der Waals surface area contributed by atoms with E-state index in [2.05, 4.69) is 61.7 Å². The molecule has 7 rings (SSSR count). The summed E-state index contributed by atoms with van der Waals surface area (Å²) >= 11 is 0. The van der Waals surface area contributed by atoms with Crippen LogP contribution < -0.4 is 9.80 Å². The molecule has 188 valence electrons. The number of hydrogen-bond acceptors (Lipinski definition) is 6. The molecule has 2 aromatic carbocycles. The third-order valence-electron chi connectivity index (χ3n) is 8.14. The van der Waals surface area contributed by atoms with Crippen LogP contribution in [-0.4, -0.2) is 86.7 Å². The number of ether oxygens (including phenoxy) is 2. The molecule has 0 aliphatic carbocycles. The van der Waals surface area contributed by atoms with E-state index in [0.29, 0.717) is 0 Å². The molecule has 3 aliphatic heterocycles. The van der Waals surface area contributed by atoms with E-state index in [1.165, 1.54) is 33.2 Å². The lowest BCUT2D eigenvalue weighted by Gasteiger charge is -2.31. The number of pyridine rings is 1. The molecule has 0 radical (unpaired) electrons. The first-order valence-corrected chi connectivity index (χ1v) is 13.6. The minimum Gasteiger partial charge on any atom is -0.379 e. The van der Waals surface area contributed by atoms with Crippen LogP contribution in [0.5, 0.6) is 0 Å². The Balaban J connectivity index is 1.35. The van der Waals surface area contributed by atoms with Gasteiger partial charge in [-0.15, -0.1) is 0 Å². The first kappa shape index (κ1) is 22.3. The predicted molar refractivity (Wildman–Crippen MR) is 146 cm³/mol. The van der Waals surface area contributed by atoms with Crippen molar-refractivity contribution in [3.05, 3.63) is 42.5 Å². The number of para-hydroxylation sites is 1. The molecule has 0 saturated carbocycles.